The van der Waals surface area contributed by atoms with Gasteiger partial charge in [0.1, 0.15) is 12.0 Å². The lowest BCUT2D eigenvalue weighted by molar-refractivity contribution is -0.167. The predicted octanol–water partition coefficient (Wildman–Crippen LogP) is 4.13. The van der Waals surface area contributed by atoms with E-state index in [9.17, 15) is 19.5 Å². The van der Waals surface area contributed by atoms with E-state index in [1.54, 1.807) is 0 Å². The fourth-order valence-electron chi connectivity index (χ4n) is 9.89. The van der Waals surface area contributed by atoms with Gasteiger partial charge in [0.25, 0.3) is 5.91 Å². The van der Waals surface area contributed by atoms with Gasteiger partial charge in [-0.2, -0.15) is 0 Å². The number of benzene rings is 3. The molecule has 7 nitrogen and oxygen atoms in total. The van der Waals surface area contributed by atoms with Crippen molar-refractivity contribution < 1.29 is 24.2 Å². The largest absolute Gasteiger partial charge is 0.480 e. The molecule has 6 aliphatic rings. The molecular weight excluding hydrogens is 552 g/mol. The Morgan fingerprint density at radius 3 is 2.52 bits per heavy atom. The Bertz CT molecular complexity index is 1710. The quantitative estimate of drug-likeness (QED) is 0.385. The van der Waals surface area contributed by atoms with E-state index in [1.807, 2.05) is 30.3 Å². The van der Waals surface area contributed by atoms with E-state index in [4.69, 9.17) is 4.74 Å². The third-order valence-corrected chi connectivity index (χ3v) is 11.8. The van der Waals surface area contributed by atoms with E-state index in [0.717, 1.165) is 59.5 Å². The number of carbonyl (C=O) groups is 3. The number of carbonyl (C=O) groups excluding carboxylic acids is 3. The maximum atomic E-state index is 13.6. The maximum absolute atomic E-state index is 13.6. The molecule has 3 saturated carbocycles. The maximum Gasteiger partial charge on any atom is 0.255 e. The topological polar surface area (TPSA) is 95.9 Å². The second kappa shape index (κ2) is 9.35. The number of hydrogen-bond donors (Lipinski definition) is 2. The molecule has 224 valence electrons. The number of ketones is 1. The molecule has 2 aliphatic heterocycles. The molecule has 7 heteroatoms. The lowest BCUT2D eigenvalue weighted by Gasteiger charge is -2.55. The number of ether oxygens (including phenoxy) is 1. The summed E-state index contributed by atoms with van der Waals surface area (Å²) in [6.07, 6.45) is 5.02. The molecule has 1 spiro atoms. The van der Waals surface area contributed by atoms with Gasteiger partial charge in [-0.05, 0) is 78.2 Å². The highest BCUT2D eigenvalue weighted by atomic mass is 16.5. The number of nitrogens with zero attached hydrogens (tertiary/aromatic N) is 1. The molecule has 44 heavy (non-hydrogen) atoms. The Balaban J connectivity index is 0.961. The summed E-state index contributed by atoms with van der Waals surface area (Å²) in [5.74, 6) is 1.61. The average molecular weight is 589 g/mol. The summed E-state index contributed by atoms with van der Waals surface area (Å²) in [5.41, 5.74) is 4.68. The molecule has 9 rings (SSSR count). The molecule has 0 aromatic heterocycles. The van der Waals surface area contributed by atoms with Gasteiger partial charge in [0, 0.05) is 43.2 Å². The lowest BCUT2D eigenvalue weighted by Crippen LogP contribution is -2.71. The van der Waals surface area contributed by atoms with Crippen LogP contribution in [0.3, 0.4) is 0 Å². The number of Topliss-reactive ketones (excluding diaryl/α,β-unsaturated/α-hetero) is 1. The molecule has 2 heterocycles. The average Bonchev–Trinajstić information content (AvgIpc) is 3.63. The lowest BCUT2D eigenvalue weighted by atomic mass is 9.53. The first-order chi connectivity index (χ1) is 21.4. The summed E-state index contributed by atoms with van der Waals surface area (Å²) >= 11 is 0. The smallest absolute Gasteiger partial charge is 0.255 e. The zero-order chi connectivity index (χ0) is 29.8. The number of likely N-dealkylation sites (tertiary alicyclic amines) is 1. The van der Waals surface area contributed by atoms with Crippen molar-refractivity contribution in [3.8, 4) is 16.9 Å². The van der Waals surface area contributed by atoms with Crippen molar-refractivity contribution in [2.75, 3.05) is 19.6 Å². The van der Waals surface area contributed by atoms with E-state index >= 15 is 0 Å². The van der Waals surface area contributed by atoms with Crippen molar-refractivity contribution in [1.29, 1.82) is 0 Å². The normalized spacial score (nSPS) is 32.3. The van der Waals surface area contributed by atoms with Crippen LogP contribution >= 0.6 is 0 Å². The van der Waals surface area contributed by atoms with Crippen molar-refractivity contribution >= 4 is 18.0 Å². The van der Waals surface area contributed by atoms with E-state index in [1.165, 1.54) is 12.8 Å². The van der Waals surface area contributed by atoms with Gasteiger partial charge in [-0.3, -0.25) is 19.3 Å². The van der Waals surface area contributed by atoms with E-state index in [0.29, 0.717) is 48.6 Å². The van der Waals surface area contributed by atoms with Crippen LogP contribution in [0.15, 0.2) is 60.7 Å². The minimum absolute atomic E-state index is 0.0463. The summed E-state index contributed by atoms with van der Waals surface area (Å²) in [5, 5.41) is 15.7. The van der Waals surface area contributed by atoms with Crippen LogP contribution in [-0.2, 0) is 23.1 Å². The summed E-state index contributed by atoms with van der Waals surface area (Å²) in [7, 11) is 0. The van der Waals surface area contributed by atoms with Gasteiger partial charge in [-0.25, -0.2) is 0 Å². The van der Waals surface area contributed by atoms with Gasteiger partial charge >= 0.3 is 0 Å². The highest BCUT2D eigenvalue weighted by Gasteiger charge is 2.82. The fourth-order valence-corrected chi connectivity index (χ4v) is 9.89. The summed E-state index contributed by atoms with van der Waals surface area (Å²) in [6.45, 7) is 2.41. The second-order valence-electron chi connectivity index (χ2n) is 14.0. The Morgan fingerprint density at radius 1 is 1.05 bits per heavy atom. The third kappa shape index (κ3) is 3.48. The number of rotatable bonds is 8. The van der Waals surface area contributed by atoms with Crippen molar-refractivity contribution in [3.63, 3.8) is 0 Å². The number of piperidine rings is 1. The molecule has 5 unspecified atom stereocenters. The van der Waals surface area contributed by atoms with Gasteiger partial charge in [0.15, 0.2) is 11.9 Å². The SMILES string of the molecule is O=Cc1ccc(-c2ccc(CCNC(=O)c3ccc4c5c3OC3C(=O)CC[C@@]6(O)C7C(C4)C(CN7CC4CC4)C536)cc2)cc1. The molecule has 4 aliphatic carbocycles. The third-order valence-electron chi connectivity index (χ3n) is 11.8. The minimum Gasteiger partial charge on any atom is -0.480 e. The highest BCUT2D eigenvalue weighted by Crippen LogP contribution is 2.73. The minimum atomic E-state index is -1.01. The van der Waals surface area contributed by atoms with Crippen molar-refractivity contribution in [2.24, 2.45) is 17.8 Å². The van der Waals surface area contributed by atoms with Gasteiger partial charge in [0.05, 0.1) is 16.6 Å². The predicted molar refractivity (Wildman–Crippen MR) is 164 cm³/mol. The highest BCUT2D eigenvalue weighted by molar-refractivity contribution is 6.00. The first kappa shape index (κ1) is 26.6. The van der Waals surface area contributed by atoms with Crippen LogP contribution < -0.4 is 10.1 Å². The van der Waals surface area contributed by atoms with Crippen LogP contribution in [0.25, 0.3) is 11.1 Å². The monoisotopic (exact) mass is 588 g/mol. The Hall–Kier alpha value is -3.81. The van der Waals surface area contributed by atoms with E-state index < -0.39 is 17.1 Å². The zero-order valence-electron chi connectivity index (χ0n) is 24.6. The molecule has 4 bridgehead atoms. The van der Waals surface area contributed by atoms with E-state index in [-0.39, 0.29) is 23.7 Å². The first-order valence-corrected chi connectivity index (χ1v) is 16.2. The number of nitrogens with one attached hydrogen (secondary N) is 1. The number of fused-ring (bicyclic) bond motifs is 1. The van der Waals surface area contributed by atoms with Crippen LogP contribution in [0.5, 0.6) is 5.75 Å². The fraction of sp³-hybridized carbons (Fsp3) is 0.432. The van der Waals surface area contributed by atoms with Crippen LogP contribution in [0.1, 0.15) is 63.1 Å². The van der Waals surface area contributed by atoms with Gasteiger partial charge in [0.2, 0.25) is 0 Å². The van der Waals surface area contributed by atoms with Gasteiger partial charge in [-0.15, -0.1) is 0 Å². The van der Waals surface area contributed by atoms with Crippen LogP contribution in [0, 0.1) is 17.8 Å². The number of hydrogen-bond acceptors (Lipinski definition) is 6. The Labute approximate surface area is 256 Å². The molecule has 2 N–H and O–H groups in total. The van der Waals surface area contributed by atoms with Crippen molar-refractivity contribution in [2.45, 2.75) is 61.7 Å². The van der Waals surface area contributed by atoms with E-state index in [2.05, 4.69) is 40.5 Å². The number of amides is 1. The number of aliphatic hydroxyl groups is 1. The van der Waals surface area contributed by atoms with Crippen molar-refractivity contribution in [3.05, 3.63) is 88.5 Å². The standard InChI is InChI=1S/C37H36N2O5/c40-20-23-5-9-25(10-6-23)24-7-3-21(4-8-24)14-16-38-35(42)27-12-11-26-17-28-29-19-39(18-22-1-2-22)33(28)36(43)15-13-30(41)34-37(29,36)31(26)32(27)44-34/h3-12,20,22,28-29,33-34,43H,1-2,13-19H2,(H,38,42)/t28?,29?,33?,34?,36-,37?/m1/s1. The summed E-state index contributed by atoms with van der Waals surface area (Å²) in [4.78, 5) is 40.6. The summed E-state index contributed by atoms with van der Waals surface area (Å²) < 4.78 is 6.56. The van der Waals surface area contributed by atoms with Crippen molar-refractivity contribution in [1.82, 2.24) is 10.2 Å². The first-order valence-electron chi connectivity index (χ1n) is 16.2. The molecule has 6 atom stereocenters. The molecular formula is C37H36N2O5. The van der Waals surface area contributed by atoms with Crippen LogP contribution in [0.2, 0.25) is 0 Å². The van der Waals surface area contributed by atoms with Gasteiger partial charge < -0.3 is 15.2 Å². The van der Waals surface area contributed by atoms with Crippen LogP contribution in [-0.4, -0.2) is 65.4 Å². The Kier molecular flexibility index (Phi) is 5.65. The molecule has 1 saturated heterocycles. The molecule has 4 fully saturated rings. The summed E-state index contributed by atoms with van der Waals surface area (Å²) in [6, 6.07) is 19.7. The zero-order valence-corrected chi connectivity index (χ0v) is 24.6. The second-order valence-corrected chi connectivity index (χ2v) is 14.0. The Morgan fingerprint density at radius 2 is 1.80 bits per heavy atom. The molecule has 3 aromatic carbocycles. The molecule has 0 radical (unpaired) electrons. The molecule has 1 amide bonds. The van der Waals surface area contributed by atoms with Crippen LogP contribution in [0.4, 0.5) is 0 Å². The molecule has 3 aromatic rings. The number of aldehydes is 1. The van der Waals surface area contributed by atoms with Gasteiger partial charge in [-0.1, -0.05) is 54.6 Å².